The SMILES string of the molecule is CN=C(NC)NC1CC(C(=O)OC)=C[C@@H](C)C1NC. The zero-order valence-corrected chi connectivity index (χ0v) is 12.3. The van der Waals surface area contributed by atoms with Gasteiger partial charge in [0.15, 0.2) is 5.96 Å². The highest BCUT2D eigenvalue weighted by Gasteiger charge is 2.32. The van der Waals surface area contributed by atoms with Crippen LogP contribution in [0.4, 0.5) is 0 Å². The summed E-state index contributed by atoms with van der Waals surface area (Å²) in [4.78, 5) is 15.8. The summed E-state index contributed by atoms with van der Waals surface area (Å²) in [6.07, 6.45) is 2.59. The number of hydrogen-bond acceptors (Lipinski definition) is 4. The standard InChI is InChI=1S/C13H24N4O2/c1-8-6-9(12(18)19-5)7-10(11(8)14-2)17-13(15-3)16-4/h6,8,10-11,14H,7H2,1-5H3,(H2,15,16,17)/t8-,10?,11?/m1/s1. The topological polar surface area (TPSA) is 74.8 Å². The molecule has 0 fully saturated rings. The fourth-order valence-corrected chi connectivity index (χ4v) is 2.53. The van der Waals surface area contributed by atoms with E-state index in [-0.39, 0.29) is 24.0 Å². The molecule has 2 unspecified atom stereocenters. The van der Waals surface area contributed by atoms with Crippen molar-refractivity contribution >= 4 is 11.9 Å². The van der Waals surface area contributed by atoms with Gasteiger partial charge in [-0.05, 0) is 13.0 Å². The number of methoxy groups -OCH3 is 1. The van der Waals surface area contributed by atoms with Crippen LogP contribution in [0.5, 0.6) is 0 Å². The van der Waals surface area contributed by atoms with Crippen molar-refractivity contribution in [1.29, 1.82) is 0 Å². The number of guanidine groups is 1. The third kappa shape index (κ3) is 3.70. The van der Waals surface area contributed by atoms with Crippen LogP contribution in [0, 0.1) is 5.92 Å². The van der Waals surface area contributed by atoms with Gasteiger partial charge < -0.3 is 20.7 Å². The molecule has 0 aromatic carbocycles. The molecule has 1 aliphatic rings. The number of nitrogens with one attached hydrogen (secondary N) is 3. The Labute approximate surface area is 114 Å². The first kappa shape index (κ1) is 15.5. The minimum Gasteiger partial charge on any atom is -0.466 e. The summed E-state index contributed by atoms with van der Waals surface area (Å²) in [5.41, 5.74) is 0.713. The second-order valence-electron chi connectivity index (χ2n) is 4.63. The number of likely N-dealkylation sites (N-methyl/N-ethyl adjacent to an activating group) is 1. The van der Waals surface area contributed by atoms with Crippen molar-refractivity contribution in [3.63, 3.8) is 0 Å². The maximum absolute atomic E-state index is 11.7. The van der Waals surface area contributed by atoms with E-state index >= 15 is 0 Å². The second-order valence-corrected chi connectivity index (χ2v) is 4.63. The van der Waals surface area contributed by atoms with Crippen LogP contribution in [0.25, 0.3) is 0 Å². The summed E-state index contributed by atoms with van der Waals surface area (Å²) in [6, 6.07) is 0.323. The summed E-state index contributed by atoms with van der Waals surface area (Å²) in [7, 11) is 6.87. The van der Waals surface area contributed by atoms with Crippen LogP contribution in [0.3, 0.4) is 0 Å². The Balaban J connectivity index is 2.90. The number of esters is 1. The maximum Gasteiger partial charge on any atom is 0.333 e. The molecule has 6 nitrogen and oxygen atoms in total. The highest BCUT2D eigenvalue weighted by molar-refractivity contribution is 5.89. The average Bonchev–Trinajstić information content (AvgIpc) is 2.43. The van der Waals surface area contributed by atoms with Crippen molar-refractivity contribution in [2.75, 3.05) is 28.3 Å². The number of rotatable bonds is 3. The maximum atomic E-state index is 11.7. The largest absolute Gasteiger partial charge is 0.466 e. The predicted octanol–water partition coefficient (Wildman–Crippen LogP) is -0.123. The van der Waals surface area contributed by atoms with E-state index in [0.29, 0.717) is 18.0 Å². The Morgan fingerprint density at radius 2 is 2.16 bits per heavy atom. The van der Waals surface area contributed by atoms with E-state index in [1.807, 2.05) is 20.2 Å². The average molecular weight is 268 g/mol. The van der Waals surface area contributed by atoms with Gasteiger partial charge in [-0.2, -0.15) is 0 Å². The molecule has 3 N–H and O–H groups in total. The summed E-state index contributed by atoms with van der Waals surface area (Å²) in [6.45, 7) is 2.08. The molecule has 3 atom stereocenters. The molecular weight excluding hydrogens is 244 g/mol. The Kier molecular flexibility index (Phi) is 5.82. The van der Waals surface area contributed by atoms with Gasteiger partial charge in [0.1, 0.15) is 0 Å². The Morgan fingerprint density at radius 1 is 1.47 bits per heavy atom. The molecule has 1 aliphatic carbocycles. The summed E-state index contributed by atoms with van der Waals surface area (Å²) in [5, 5.41) is 9.61. The molecule has 0 heterocycles. The first-order chi connectivity index (χ1) is 9.07. The minimum atomic E-state index is -0.257. The lowest BCUT2D eigenvalue weighted by Crippen LogP contribution is -2.56. The lowest BCUT2D eigenvalue weighted by Gasteiger charge is -2.36. The van der Waals surface area contributed by atoms with Crippen molar-refractivity contribution in [2.45, 2.75) is 25.4 Å². The highest BCUT2D eigenvalue weighted by atomic mass is 16.5. The summed E-state index contributed by atoms with van der Waals surface area (Å²) >= 11 is 0. The molecule has 19 heavy (non-hydrogen) atoms. The molecule has 0 amide bonds. The van der Waals surface area contributed by atoms with Crippen LogP contribution in [-0.2, 0) is 9.53 Å². The summed E-state index contributed by atoms with van der Waals surface area (Å²) < 4.78 is 4.81. The molecule has 0 saturated heterocycles. The van der Waals surface area contributed by atoms with E-state index in [9.17, 15) is 4.79 Å². The van der Waals surface area contributed by atoms with Crippen LogP contribution in [0.1, 0.15) is 13.3 Å². The Morgan fingerprint density at radius 3 is 2.63 bits per heavy atom. The second kappa shape index (κ2) is 7.13. The van der Waals surface area contributed by atoms with Gasteiger partial charge in [-0.25, -0.2) is 4.79 Å². The van der Waals surface area contributed by atoms with Crippen molar-refractivity contribution in [3.8, 4) is 0 Å². The van der Waals surface area contributed by atoms with Gasteiger partial charge in [-0.1, -0.05) is 13.0 Å². The molecule has 1 rings (SSSR count). The molecule has 0 bridgehead atoms. The van der Waals surface area contributed by atoms with Gasteiger partial charge in [0.05, 0.1) is 7.11 Å². The van der Waals surface area contributed by atoms with Gasteiger partial charge in [0.25, 0.3) is 0 Å². The molecule has 0 spiro atoms. The zero-order chi connectivity index (χ0) is 14.4. The van der Waals surface area contributed by atoms with Crippen LogP contribution >= 0.6 is 0 Å². The first-order valence-electron chi connectivity index (χ1n) is 6.44. The molecule has 0 aromatic heterocycles. The number of ether oxygens (including phenoxy) is 1. The van der Waals surface area contributed by atoms with Crippen LogP contribution in [0.15, 0.2) is 16.6 Å². The smallest absolute Gasteiger partial charge is 0.333 e. The minimum absolute atomic E-state index is 0.0882. The van der Waals surface area contributed by atoms with Crippen molar-refractivity contribution < 1.29 is 9.53 Å². The molecule has 0 aliphatic heterocycles. The number of hydrogen-bond donors (Lipinski definition) is 3. The van der Waals surface area contributed by atoms with Gasteiger partial charge in [-0.15, -0.1) is 0 Å². The number of carbonyl (C=O) groups is 1. The van der Waals surface area contributed by atoms with Crippen LogP contribution in [-0.4, -0.2) is 52.3 Å². The van der Waals surface area contributed by atoms with Crippen LogP contribution in [0.2, 0.25) is 0 Å². The van der Waals surface area contributed by atoms with E-state index in [4.69, 9.17) is 4.74 Å². The van der Waals surface area contributed by atoms with Crippen molar-refractivity contribution in [1.82, 2.24) is 16.0 Å². The molecule has 0 saturated carbocycles. The van der Waals surface area contributed by atoms with E-state index in [2.05, 4.69) is 27.9 Å². The van der Waals surface area contributed by atoms with E-state index in [0.717, 1.165) is 0 Å². The Bertz CT molecular complexity index is 379. The number of aliphatic imine (C=N–C) groups is 1. The number of nitrogens with zero attached hydrogens (tertiary/aromatic N) is 1. The molecule has 108 valence electrons. The Hall–Kier alpha value is -1.56. The van der Waals surface area contributed by atoms with Gasteiger partial charge >= 0.3 is 5.97 Å². The van der Waals surface area contributed by atoms with Crippen molar-refractivity contribution in [2.24, 2.45) is 10.9 Å². The lowest BCUT2D eigenvalue weighted by atomic mass is 9.83. The van der Waals surface area contributed by atoms with Gasteiger partial charge in [-0.3, -0.25) is 4.99 Å². The van der Waals surface area contributed by atoms with Crippen molar-refractivity contribution in [3.05, 3.63) is 11.6 Å². The van der Waals surface area contributed by atoms with E-state index in [1.54, 1.807) is 7.05 Å². The molecular formula is C13H24N4O2. The lowest BCUT2D eigenvalue weighted by molar-refractivity contribution is -0.136. The molecule has 0 radical (unpaired) electrons. The summed E-state index contributed by atoms with van der Waals surface area (Å²) in [5.74, 6) is 0.691. The highest BCUT2D eigenvalue weighted by Crippen LogP contribution is 2.24. The monoisotopic (exact) mass is 268 g/mol. The third-order valence-corrected chi connectivity index (χ3v) is 3.47. The fourth-order valence-electron chi connectivity index (χ4n) is 2.53. The normalized spacial score (nSPS) is 27.5. The van der Waals surface area contributed by atoms with E-state index < -0.39 is 0 Å². The fraction of sp³-hybridized carbons (Fsp3) is 0.692. The van der Waals surface area contributed by atoms with Crippen LogP contribution < -0.4 is 16.0 Å². The van der Waals surface area contributed by atoms with E-state index in [1.165, 1.54) is 7.11 Å². The third-order valence-electron chi connectivity index (χ3n) is 3.47. The van der Waals surface area contributed by atoms with Gasteiger partial charge in [0.2, 0.25) is 0 Å². The quantitative estimate of drug-likeness (QED) is 0.378. The first-order valence-corrected chi connectivity index (χ1v) is 6.44. The molecule has 0 aromatic rings. The number of carbonyl (C=O) groups excluding carboxylic acids is 1. The predicted molar refractivity (Wildman–Crippen MR) is 76.1 cm³/mol. The van der Waals surface area contributed by atoms with Gasteiger partial charge in [0, 0.05) is 38.2 Å². The zero-order valence-electron chi connectivity index (χ0n) is 12.3. The molecule has 6 heteroatoms.